The molecule has 1 aliphatic rings. The maximum absolute atomic E-state index is 13.4. The molecule has 0 amide bonds. The van der Waals surface area contributed by atoms with Crippen LogP contribution in [0.1, 0.15) is 32.3 Å². The lowest BCUT2D eigenvalue weighted by Gasteiger charge is -2.29. The first-order chi connectivity index (χ1) is 10.5. The highest BCUT2D eigenvalue weighted by Gasteiger charge is 2.22. The minimum absolute atomic E-state index is 0.166. The van der Waals surface area contributed by atoms with E-state index in [2.05, 4.69) is 29.5 Å². The second-order valence-electron chi connectivity index (χ2n) is 6.38. The fourth-order valence-corrected chi connectivity index (χ4v) is 3.63. The molecule has 122 valence electrons. The Morgan fingerprint density at radius 1 is 1.45 bits per heavy atom. The second-order valence-corrected chi connectivity index (χ2v) is 7.53. The molecule has 1 aromatic rings. The average Bonchev–Trinajstić information content (AvgIpc) is 2.52. The van der Waals surface area contributed by atoms with Crippen molar-refractivity contribution < 1.29 is 4.39 Å². The van der Waals surface area contributed by atoms with Crippen LogP contribution in [0.2, 0.25) is 0 Å². The number of hydrogen-bond acceptors (Lipinski definition) is 2. The summed E-state index contributed by atoms with van der Waals surface area (Å²) in [6, 6.07) is 7.31. The van der Waals surface area contributed by atoms with Crippen LogP contribution in [0.25, 0.3) is 0 Å². The zero-order valence-electron chi connectivity index (χ0n) is 13.7. The summed E-state index contributed by atoms with van der Waals surface area (Å²) in [5, 5.41) is 6.87. The highest BCUT2D eigenvalue weighted by atomic mass is 32.2. The van der Waals surface area contributed by atoms with Crippen molar-refractivity contribution in [1.29, 1.82) is 0 Å². The Labute approximate surface area is 137 Å². The van der Waals surface area contributed by atoms with Crippen molar-refractivity contribution >= 4 is 17.7 Å². The molecule has 5 heteroatoms. The van der Waals surface area contributed by atoms with Crippen molar-refractivity contribution in [3.63, 3.8) is 0 Å². The van der Waals surface area contributed by atoms with Crippen molar-refractivity contribution in [2.45, 2.75) is 38.1 Å². The number of nitrogens with zero attached hydrogens (tertiary/aromatic N) is 1. The maximum Gasteiger partial charge on any atom is 0.191 e. The summed E-state index contributed by atoms with van der Waals surface area (Å²) in [6.45, 7) is 4.92. The SMILES string of the molecule is CN=C(NCC(C)(C)c1cccc(F)c1)NC1CCCSC1. The molecule has 22 heavy (non-hydrogen) atoms. The van der Waals surface area contributed by atoms with Crippen LogP contribution in [0.5, 0.6) is 0 Å². The summed E-state index contributed by atoms with van der Waals surface area (Å²) >= 11 is 1.99. The summed E-state index contributed by atoms with van der Waals surface area (Å²) in [6.07, 6.45) is 2.45. The van der Waals surface area contributed by atoms with Crippen LogP contribution in [0.15, 0.2) is 29.3 Å². The number of guanidine groups is 1. The number of thioether (sulfide) groups is 1. The van der Waals surface area contributed by atoms with E-state index in [4.69, 9.17) is 0 Å². The molecule has 2 rings (SSSR count). The summed E-state index contributed by atoms with van der Waals surface area (Å²) < 4.78 is 13.4. The number of benzene rings is 1. The van der Waals surface area contributed by atoms with Gasteiger partial charge >= 0.3 is 0 Å². The Morgan fingerprint density at radius 3 is 2.91 bits per heavy atom. The van der Waals surface area contributed by atoms with Crippen molar-refractivity contribution in [2.75, 3.05) is 25.1 Å². The second kappa shape index (κ2) is 7.86. The third-order valence-electron chi connectivity index (χ3n) is 4.03. The molecule has 1 aromatic carbocycles. The van der Waals surface area contributed by atoms with Gasteiger partial charge in [0.05, 0.1) is 0 Å². The lowest BCUT2D eigenvalue weighted by atomic mass is 9.84. The highest BCUT2D eigenvalue weighted by molar-refractivity contribution is 7.99. The van der Waals surface area contributed by atoms with Gasteiger partial charge in [-0.15, -0.1) is 0 Å². The van der Waals surface area contributed by atoms with E-state index in [-0.39, 0.29) is 11.2 Å². The number of rotatable bonds is 4. The van der Waals surface area contributed by atoms with Crippen LogP contribution in [-0.4, -0.2) is 37.1 Å². The van der Waals surface area contributed by atoms with Gasteiger partial charge in [-0.05, 0) is 36.3 Å². The zero-order valence-corrected chi connectivity index (χ0v) is 14.5. The molecule has 3 nitrogen and oxygen atoms in total. The van der Waals surface area contributed by atoms with E-state index in [1.54, 1.807) is 19.2 Å². The fourth-order valence-electron chi connectivity index (χ4n) is 2.56. The molecular formula is C17H26FN3S. The largest absolute Gasteiger partial charge is 0.356 e. The maximum atomic E-state index is 13.4. The molecule has 2 N–H and O–H groups in total. The smallest absolute Gasteiger partial charge is 0.191 e. The Kier molecular flexibility index (Phi) is 6.12. The molecular weight excluding hydrogens is 297 g/mol. The molecule has 0 aromatic heterocycles. The molecule has 1 heterocycles. The number of halogens is 1. The lowest BCUT2D eigenvalue weighted by Crippen LogP contribution is -2.48. The summed E-state index contributed by atoms with van der Waals surface area (Å²) in [4.78, 5) is 4.31. The van der Waals surface area contributed by atoms with Gasteiger partial charge in [-0.2, -0.15) is 11.8 Å². The normalized spacial score (nSPS) is 19.8. The topological polar surface area (TPSA) is 36.4 Å². The van der Waals surface area contributed by atoms with Crippen molar-refractivity contribution in [1.82, 2.24) is 10.6 Å². The van der Waals surface area contributed by atoms with Crippen molar-refractivity contribution in [2.24, 2.45) is 4.99 Å². The Hall–Kier alpha value is -1.23. The van der Waals surface area contributed by atoms with E-state index in [9.17, 15) is 4.39 Å². The standard InChI is InChI=1S/C17H26FN3S/c1-17(2,13-6-4-7-14(18)10-13)12-20-16(19-3)21-15-8-5-9-22-11-15/h4,6-7,10,15H,5,8-9,11-12H2,1-3H3,(H2,19,20,21). The van der Waals surface area contributed by atoms with E-state index in [0.29, 0.717) is 12.6 Å². The summed E-state index contributed by atoms with van der Waals surface area (Å²) in [5.74, 6) is 3.04. The quantitative estimate of drug-likeness (QED) is 0.660. The van der Waals surface area contributed by atoms with Gasteiger partial charge in [0.25, 0.3) is 0 Å². The zero-order chi connectivity index (χ0) is 16.0. The number of nitrogens with one attached hydrogen (secondary N) is 2. The fraction of sp³-hybridized carbons (Fsp3) is 0.588. The van der Waals surface area contributed by atoms with Crippen LogP contribution in [-0.2, 0) is 5.41 Å². The van der Waals surface area contributed by atoms with Crippen molar-refractivity contribution in [3.05, 3.63) is 35.6 Å². The van der Waals surface area contributed by atoms with E-state index in [1.807, 2.05) is 17.8 Å². The first-order valence-corrected chi connectivity index (χ1v) is 8.98. The third-order valence-corrected chi connectivity index (χ3v) is 5.24. The molecule has 1 atom stereocenters. The van der Waals surface area contributed by atoms with Crippen LogP contribution in [0, 0.1) is 5.82 Å². The molecule has 0 radical (unpaired) electrons. The van der Waals surface area contributed by atoms with Gasteiger partial charge in [-0.1, -0.05) is 26.0 Å². The molecule has 0 aliphatic carbocycles. The van der Waals surface area contributed by atoms with Gasteiger partial charge in [-0.25, -0.2) is 4.39 Å². The molecule has 0 saturated carbocycles. The Balaban J connectivity index is 1.91. The van der Waals surface area contributed by atoms with Crippen LogP contribution >= 0.6 is 11.8 Å². The summed E-state index contributed by atoms with van der Waals surface area (Å²) in [7, 11) is 1.79. The predicted molar refractivity (Wildman–Crippen MR) is 94.3 cm³/mol. The van der Waals surface area contributed by atoms with E-state index in [0.717, 1.165) is 17.3 Å². The summed E-state index contributed by atoms with van der Waals surface area (Å²) in [5.41, 5.74) is 0.824. The molecule has 0 bridgehead atoms. The molecule has 1 fully saturated rings. The molecule has 1 unspecified atom stereocenters. The van der Waals surface area contributed by atoms with Gasteiger partial charge in [0, 0.05) is 30.8 Å². The number of aliphatic imine (C=N–C) groups is 1. The van der Waals surface area contributed by atoms with Gasteiger partial charge in [-0.3, -0.25) is 4.99 Å². The lowest BCUT2D eigenvalue weighted by molar-refractivity contribution is 0.497. The third kappa shape index (κ3) is 4.90. The molecule has 0 spiro atoms. The monoisotopic (exact) mass is 323 g/mol. The minimum atomic E-state index is -0.188. The first-order valence-electron chi connectivity index (χ1n) is 7.82. The van der Waals surface area contributed by atoms with E-state index >= 15 is 0 Å². The highest BCUT2D eigenvalue weighted by Crippen LogP contribution is 2.23. The Bertz CT molecular complexity index is 510. The molecule has 1 saturated heterocycles. The van der Waals surface area contributed by atoms with Crippen LogP contribution < -0.4 is 10.6 Å². The minimum Gasteiger partial charge on any atom is -0.356 e. The van der Waals surface area contributed by atoms with Gasteiger partial charge in [0.15, 0.2) is 5.96 Å². The average molecular weight is 323 g/mol. The predicted octanol–water partition coefficient (Wildman–Crippen LogP) is 3.16. The van der Waals surface area contributed by atoms with Crippen LogP contribution in [0.4, 0.5) is 4.39 Å². The van der Waals surface area contributed by atoms with Crippen LogP contribution in [0.3, 0.4) is 0 Å². The van der Waals surface area contributed by atoms with Gasteiger partial charge < -0.3 is 10.6 Å². The van der Waals surface area contributed by atoms with Gasteiger partial charge in [0.2, 0.25) is 0 Å². The first kappa shape index (κ1) is 17.1. The van der Waals surface area contributed by atoms with Gasteiger partial charge in [0.1, 0.15) is 5.82 Å². The van der Waals surface area contributed by atoms with E-state index < -0.39 is 0 Å². The molecule has 1 aliphatic heterocycles. The van der Waals surface area contributed by atoms with Crippen molar-refractivity contribution in [3.8, 4) is 0 Å². The Morgan fingerprint density at radius 2 is 2.27 bits per heavy atom. The van der Waals surface area contributed by atoms with E-state index in [1.165, 1.54) is 24.7 Å². The number of hydrogen-bond donors (Lipinski definition) is 2.